The number of hydrogen-bond acceptors (Lipinski definition) is 4. The van der Waals surface area contributed by atoms with Crippen molar-refractivity contribution < 1.29 is 19.4 Å². The maximum absolute atomic E-state index is 12.7. The molecule has 0 spiro atoms. The molecule has 0 aliphatic carbocycles. The average molecular weight is 293 g/mol. The van der Waals surface area contributed by atoms with Gasteiger partial charge in [-0.25, -0.2) is 0 Å². The smallest absolute Gasteiger partial charge is 0.257 e. The molecule has 1 N–H and O–H groups in total. The molecule has 0 saturated carbocycles. The highest BCUT2D eigenvalue weighted by atomic mass is 16.5. The van der Waals surface area contributed by atoms with E-state index in [0.717, 1.165) is 0 Å². The maximum atomic E-state index is 12.7. The molecular formula is C16H23NO4. The third-order valence-electron chi connectivity index (χ3n) is 3.42. The lowest BCUT2D eigenvalue weighted by Gasteiger charge is -2.47. The summed E-state index contributed by atoms with van der Waals surface area (Å²) >= 11 is 0. The van der Waals surface area contributed by atoms with Crippen LogP contribution >= 0.6 is 0 Å². The van der Waals surface area contributed by atoms with Crippen molar-refractivity contribution in [2.45, 2.75) is 38.9 Å². The Morgan fingerprint density at radius 2 is 1.81 bits per heavy atom. The van der Waals surface area contributed by atoms with Gasteiger partial charge in [0.25, 0.3) is 5.91 Å². The standard InChI is InChI=1S/C16H23NO4/c1-15(2)9-17(10-16(3,4)21-15)14(19)12-8-11(20-5)6-7-13(12)18/h6-8,18H,9-10H2,1-5H3. The summed E-state index contributed by atoms with van der Waals surface area (Å²) in [5, 5.41) is 9.96. The largest absolute Gasteiger partial charge is 0.507 e. The molecule has 1 aliphatic heterocycles. The molecule has 0 atom stereocenters. The van der Waals surface area contributed by atoms with Gasteiger partial charge in [-0.1, -0.05) is 0 Å². The van der Waals surface area contributed by atoms with Gasteiger partial charge in [0.05, 0.1) is 23.9 Å². The van der Waals surface area contributed by atoms with Crippen molar-refractivity contribution in [3.8, 4) is 11.5 Å². The lowest BCUT2D eigenvalue weighted by atomic mass is 9.98. The summed E-state index contributed by atoms with van der Waals surface area (Å²) in [4.78, 5) is 14.4. The molecule has 1 aliphatic rings. The third kappa shape index (κ3) is 3.47. The van der Waals surface area contributed by atoms with Crippen LogP contribution in [0, 0.1) is 0 Å². The summed E-state index contributed by atoms with van der Waals surface area (Å²) in [6.45, 7) is 8.79. The van der Waals surface area contributed by atoms with Crippen LogP contribution in [0.1, 0.15) is 38.1 Å². The molecule has 1 aromatic carbocycles. The topological polar surface area (TPSA) is 59.0 Å². The van der Waals surface area contributed by atoms with Gasteiger partial charge in [0, 0.05) is 13.1 Å². The van der Waals surface area contributed by atoms with Gasteiger partial charge in [0.1, 0.15) is 11.5 Å². The zero-order valence-electron chi connectivity index (χ0n) is 13.3. The van der Waals surface area contributed by atoms with Gasteiger partial charge >= 0.3 is 0 Å². The Bertz CT molecular complexity index is 535. The van der Waals surface area contributed by atoms with Crippen molar-refractivity contribution in [2.75, 3.05) is 20.2 Å². The Kier molecular flexibility index (Phi) is 3.89. The first-order valence-electron chi connectivity index (χ1n) is 7.00. The molecule has 2 rings (SSSR count). The number of hydrogen-bond donors (Lipinski definition) is 1. The highest BCUT2D eigenvalue weighted by Gasteiger charge is 2.40. The van der Waals surface area contributed by atoms with Crippen molar-refractivity contribution in [1.29, 1.82) is 0 Å². The molecule has 0 unspecified atom stereocenters. The number of ether oxygens (including phenoxy) is 2. The highest BCUT2D eigenvalue weighted by Crippen LogP contribution is 2.31. The monoisotopic (exact) mass is 293 g/mol. The van der Waals surface area contributed by atoms with E-state index in [1.807, 2.05) is 27.7 Å². The fourth-order valence-corrected chi connectivity index (χ4v) is 2.92. The van der Waals surface area contributed by atoms with E-state index in [-0.39, 0.29) is 17.2 Å². The molecule has 5 nitrogen and oxygen atoms in total. The Morgan fingerprint density at radius 3 is 2.33 bits per heavy atom. The van der Waals surface area contributed by atoms with Crippen molar-refractivity contribution in [3.63, 3.8) is 0 Å². The highest BCUT2D eigenvalue weighted by molar-refractivity contribution is 5.97. The number of carbonyl (C=O) groups excluding carboxylic acids is 1. The van der Waals surface area contributed by atoms with E-state index in [9.17, 15) is 9.90 Å². The molecule has 1 fully saturated rings. The van der Waals surface area contributed by atoms with Crippen LogP contribution < -0.4 is 4.74 Å². The predicted molar refractivity (Wildman–Crippen MR) is 79.8 cm³/mol. The van der Waals surface area contributed by atoms with Crippen LogP contribution in [0.5, 0.6) is 11.5 Å². The van der Waals surface area contributed by atoms with E-state index in [1.54, 1.807) is 17.0 Å². The first kappa shape index (κ1) is 15.6. The van der Waals surface area contributed by atoms with E-state index in [1.165, 1.54) is 13.2 Å². The molecule has 1 saturated heterocycles. The molecule has 0 radical (unpaired) electrons. The predicted octanol–water partition coefficient (Wildman–Crippen LogP) is 2.43. The van der Waals surface area contributed by atoms with Crippen LogP contribution in [0.3, 0.4) is 0 Å². The minimum Gasteiger partial charge on any atom is -0.507 e. The van der Waals surface area contributed by atoms with Gasteiger partial charge in [-0.3, -0.25) is 4.79 Å². The minimum absolute atomic E-state index is 0.0390. The quantitative estimate of drug-likeness (QED) is 0.910. The zero-order chi connectivity index (χ0) is 15.8. The van der Waals surface area contributed by atoms with Gasteiger partial charge in [-0.15, -0.1) is 0 Å². The number of amides is 1. The number of carbonyl (C=O) groups is 1. The van der Waals surface area contributed by atoms with Gasteiger partial charge in [-0.2, -0.15) is 0 Å². The number of rotatable bonds is 2. The number of phenols is 1. The maximum Gasteiger partial charge on any atom is 0.257 e. The first-order chi connectivity index (χ1) is 9.63. The van der Waals surface area contributed by atoms with Crippen LogP contribution in [0.2, 0.25) is 0 Å². The number of morpholine rings is 1. The molecule has 1 heterocycles. The van der Waals surface area contributed by atoms with Crippen molar-refractivity contribution in [3.05, 3.63) is 23.8 Å². The summed E-state index contributed by atoms with van der Waals surface area (Å²) in [5.41, 5.74) is -0.597. The fraction of sp³-hybridized carbons (Fsp3) is 0.562. The van der Waals surface area contributed by atoms with Crippen molar-refractivity contribution >= 4 is 5.91 Å². The lowest BCUT2D eigenvalue weighted by molar-refractivity contribution is -0.171. The number of nitrogens with zero attached hydrogens (tertiary/aromatic N) is 1. The Labute approximate surface area is 125 Å². The third-order valence-corrected chi connectivity index (χ3v) is 3.42. The van der Waals surface area contributed by atoms with Gasteiger partial charge in [0.2, 0.25) is 0 Å². The van der Waals surface area contributed by atoms with Crippen LogP contribution in [0.15, 0.2) is 18.2 Å². The summed E-state index contributed by atoms with van der Waals surface area (Å²) in [7, 11) is 1.53. The zero-order valence-corrected chi connectivity index (χ0v) is 13.3. The average Bonchev–Trinajstić information content (AvgIpc) is 2.35. The molecule has 1 amide bonds. The van der Waals surface area contributed by atoms with Crippen LogP contribution in [0.25, 0.3) is 0 Å². The van der Waals surface area contributed by atoms with Crippen LogP contribution in [-0.4, -0.2) is 47.3 Å². The molecule has 5 heteroatoms. The van der Waals surface area contributed by atoms with Crippen molar-refractivity contribution in [1.82, 2.24) is 4.90 Å². The van der Waals surface area contributed by atoms with Gasteiger partial charge in [-0.05, 0) is 45.9 Å². The molecule has 116 valence electrons. The Balaban J connectivity index is 2.31. The van der Waals surface area contributed by atoms with Gasteiger partial charge < -0.3 is 19.5 Å². The van der Waals surface area contributed by atoms with Crippen LogP contribution in [-0.2, 0) is 4.74 Å². The van der Waals surface area contributed by atoms with Gasteiger partial charge in [0.15, 0.2) is 0 Å². The summed E-state index contributed by atoms with van der Waals surface area (Å²) < 4.78 is 11.1. The number of benzene rings is 1. The van der Waals surface area contributed by atoms with Crippen molar-refractivity contribution in [2.24, 2.45) is 0 Å². The first-order valence-corrected chi connectivity index (χ1v) is 7.00. The number of phenolic OH excluding ortho intramolecular Hbond substituents is 1. The molecule has 21 heavy (non-hydrogen) atoms. The Morgan fingerprint density at radius 1 is 1.24 bits per heavy atom. The van der Waals surface area contributed by atoms with E-state index in [2.05, 4.69) is 0 Å². The Hall–Kier alpha value is -1.75. The summed E-state index contributed by atoms with van der Waals surface area (Å²) in [6.07, 6.45) is 0. The lowest BCUT2D eigenvalue weighted by Crippen LogP contribution is -2.58. The van der Waals surface area contributed by atoms with E-state index in [4.69, 9.17) is 9.47 Å². The summed E-state index contributed by atoms with van der Waals surface area (Å²) in [5.74, 6) is 0.293. The number of aromatic hydroxyl groups is 1. The van der Waals surface area contributed by atoms with E-state index < -0.39 is 11.2 Å². The molecule has 1 aromatic rings. The van der Waals surface area contributed by atoms with E-state index >= 15 is 0 Å². The second kappa shape index (κ2) is 5.22. The second-order valence-electron chi connectivity index (χ2n) is 6.67. The van der Waals surface area contributed by atoms with Crippen LogP contribution in [0.4, 0.5) is 0 Å². The minimum atomic E-state index is -0.425. The molecule has 0 aromatic heterocycles. The number of methoxy groups -OCH3 is 1. The van der Waals surface area contributed by atoms with E-state index in [0.29, 0.717) is 18.8 Å². The normalized spacial score (nSPS) is 20.1. The SMILES string of the molecule is COc1ccc(O)c(C(=O)N2CC(C)(C)OC(C)(C)C2)c1. The molecule has 0 bridgehead atoms. The second-order valence-corrected chi connectivity index (χ2v) is 6.67. The molecular weight excluding hydrogens is 270 g/mol. The fourth-order valence-electron chi connectivity index (χ4n) is 2.92. The summed E-state index contributed by atoms with van der Waals surface area (Å²) in [6, 6.07) is 4.66.